The van der Waals surface area contributed by atoms with E-state index in [2.05, 4.69) is 21.2 Å². The molecule has 3 aromatic rings. The van der Waals surface area contributed by atoms with Crippen LogP contribution in [0, 0.1) is 0 Å². The summed E-state index contributed by atoms with van der Waals surface area (Å²) in [6, 6.07) is 12.2. The average Bonchev–Trinajstić information content (AvgIpc) is 3.18. The van der Waals surface area contributed by atoms with Gasteiger partial charge in [0.05, 0.1) is 17.2 Å². The first-order valence-electron chi connectivity index (χ1n) is 9.21. The predicted molar refractivity (Wildman–Crippen MR) is 126 cm³/mol. The Kier molecular flexibility index (Phi) is 7.24. The average molecular weight is 449 g/mol. The lowest BCUT2D eigenvalue weighted by atomic mass is 9.88. The molecule has 1 aromatic carbocycles. The Balaban J connectivity index is 1.88. The third-order valence-corrected chi connectivity index (χ3v) is 6.71. The molecule has 2 N–H and O–H groups in total. The lowest BCUT2D eigenvalue weighted by Crippen LogP contribution is -2.36. The van der Waals surface area contributed by atoms with Gasteiger partial charge in [-0.3, -0.25) is 4.98 Å². The molecule has 0 fully saturated rings. The molecular formula is C22H25ClN2O2S2. The second-order valence-corrected chi connectivity index (χ2v) is 9.11. The fourth-order valence-electron chi connectivity index (χ4n) is 3.13. The number of nitrogens with one attached hydrogen (secondary N) is 1. The van der Waals surface area contributed by atoms with Gasteiger partial charge in [-0.1, -0.05) is 36.5 Å². The molecule has 29 heavy (non-hydrogen) atoms. The molecule has 0 radical (unpaired) electrons. The quantitative estimate of drug-likeness (QED) is 0.395. The van der Waals surface area contributed by atoms with Crippen LogP contribution in [0.5, 0.6) is 0 Å². The summed E-state index contributed by atoms with van der Waals surface area (Å²) < 4.78 is 8.35. The van der Waals surface area contributed by atoms with Crippen molar-refractivity contribution in [3.05, 3.63) is 58.7 Å². The molecule has 0 aliphatic heterocycles. The van der Waals surface area contributed by atoms with Crippen LogP contribution in [-0.2, 0) is 4.74 Å². The fraction of sp³-hybridized carbons (Fsp3) is 0.318. The van der Waals surface area contributed by atoms with Gasteiger partial charge in [0.15, 0.2) is 0 Å². The van der Waals surface area contributed by atoms with E-state index < -0.39 is 5.60 Å². The number of methoxy groups -OCH3 is 1. The lowest BCUT2D eigenvalue weighted by molar-refractivity contribution is -0.0339. The second-order valence-electron chi connectivity index (χ2n) is 7.18. The molecule has 2 heterocycles. The van der Waals surface area contributed by atoms with Crippen molar-refractivity contribution < 1.29 is 9.84 Å². The molecule has 3 rings (SSSR count). The molecule has 0 saturated carbocycles. The number of nitrogens with zero attached hydrogens (tertiary/aromatic N) is 1. The van der Waals surface area contributed by atoms with Crippen LogP contribution in [0.25, 0.3) is 21.6 Å². The third-order valence-electron chi connectivity index (χ3n) is 4.98. The number of benzene rings is 1. The molecule has 154 valence electrons. The smallest absolute Gasteiger partial charge is 0.0932 e. The molecular weight excluding hydrogens is 424 g/mol. The maximum Gasteiger partial charge on any atom is 0.0932 e. The van der Waals surface area contributed by atoms with E-state index in [1.165, 1.54) is 11.9 Å². The molecule has 0 aliphatic carbocycles. The molecule has 2 unspecified atom stereocenters. The molecule has 0 spiro atoms. The number of aliphatic hydroxyl groups is 1. The van der Waals surface area contributed by atoms with Gasteiger partial charge in [0.25, 0.3) is 0 Å². The normalized spacial score (nSPS) is 14.4. The van der Waals surface area contributed by atoms with Gasteiger partial charge in [-0.05, 0) is 53.8 Å². The first-order valence-corrected chi connectivity index (χ1v) is 11.7. The number of hydrogen-bond donors (Lipinski definition) is 2. The summed E-state index contributed by atoms with van der Waals surface area (Å²) in [5.41, 5.74) is 4.00. The molecule has 2 aromatic heterocycles. The zero-order chi connectivity index (χ0) is 21.0. The molecule has 4 nitrogen and oxygen atoms in total. The molecule has 2 atom stereocenters. The van der Waals surface area contributed by atoms with Crippen molar-refractivity contribution in [1.29, 1.82) is 0 Å². The lowest BCUT2D eigenvalue weighted by Gasteiger charge is -2.29. The Hall–Kier alpha value is -1.57. The van der Waals surface area contributed by atoms with E-state index in [4.69, 9.17) is 16.3 Å². The van der Waals surface area contributed by atoms with Crippen LogP contribution in [0.3, 0.4) is 0 Å². The van der Waals surface area contributed by atoms with Crippen molar-refractivity contribution in [2.75, 3.05) is 24.7 Å². The van der Waals surface area contributed by atoms with Crippen LogP contribution >= 0.6 is 34.9 Å². The van der Waals surface area contributed by atoms with Crippen molar-refractivity contribution in [2.45, 2.75) is 25.4 Å². The summed E-state index contributed by atoms with van der Waals surface area (Å²) in [4.78, 5) is 5.61. The maximum atomic E-state index is 10.7. The van der Waals surface area contributed by atoms with Crippen molar-refractivity contribution >= 4 is 40.6 Å². The van der Waals surface area contributed by atoms with Crippen LogP contribution in [0.1, 0.15) is 25.5 Å². The van der Waals surface area contributed by atoms with Crippen molar-refractivity contribution in [1.82, 2.24) is 4.98 Å². The van der Waals surface area contributed by atoms with E-state index in [-0.39, 0.29) is 12.5 Å². The highest BCUT2D eigenvalue weighted by Crippen LogP contribution is 2.38. The highest BCUT2D eigenvalue weighted by Gasteiger charge is 2.30. The summed E-state index contributed by atoms with van der Waals surface area (Å²) in [5.74, 6) is -0.159. The minimum Gasteiger partial charge on any atom is -0.387 e. The van der Waals surface area contributed by atoms with Crippen molar-refractivity contribution in [3.8, 4) is 21.6 Å². The van der Waals surface area contributed by atoms with Crippen LogP contribution < -0.4 is 4.72 Å². The van der Waals surface area contributed by atoms with Gasteiger partial charge in [0.1, 0.15) is 0 Å². The largest absolute Gasteiger partial charge is 0.387 e. The first-order chi connectivity index (χ1) is 13.9. The zero-order valence-electron chi connectivity index (χ0n) is 16.9. The minimum absolute atomic E-state index is 0.159. The summed E-state index contributed by atoms with van der Waals surface area (Å²) >= 11 is 9.71. The van der Waals surface area contributed by atoms with E-state index in [1.54, 1.807) is 31.6 Å². The van der Waals surface area contributed by atoms with Gasteiger partial charge in [-0.25, -0.2) is 0 Å². The Labute approximate surface area is 185 Å². The van der Waals surface area contributed by atoms with E-state index >= 15 is 0 Å². The van der Waals surface area contributed by atoms with E-state index in [0.29, 0.717) is 5.02 Å². The Morgan fingerprint density at radius 2 is 2.07 bits per heavy atom. The van der Waals surface area contributed by atoms with Gasteiger partial charge in [-0.2, -0.15) is 0 Å². The Bertz CT molecular complexity index is 975. The first kappa shape index (κ1) is 22.1. The molecule has 0 saturated heterocycles. The number of halogens is 1. The summed E-state index contributed by atoms with van der Waals surface area (Å²) in [6.45, 7) is 3.99. The van der Waals surface area contributed by atoms with Crippen LogP contribution in [0.4, 0.5) is 5.69 Å². The van der Waals surface area contributed by atoms with Gasteiger partial charge < -0.3 is 14.6 Å². The predicted octanol–water partition coefficient (Wildman–Crippen LogP) is 6.32. The monoisotopic (exact) mass is 448 g/mol. The Morgan fingerprint density at radius 1 is 1.28 bits per heavy atom. The third kappa shape index (κ3) is 5.13. The number of ether oxygens (including phenoxy) is 1. The van der Waals surface area contributed by atoms with Gasteiger partial charge >= 0.3 is 0 Å². The number of aromatic nitrogens is 1. The molecule has 7 heteroatoms. The standard InChI is InChI=1S/C22H25ClN2O2S2/c1-14(22(2,26)13-27-3)20-9-15(7-8-24-20)21-10-16(12-29-21)18-6-5-17(25-28-4)11-19(18)23/h5-12,14,25-26H,13H2,1-4H3. The summed E-state index contributed by atoms with van der Waals surface area (Å²) in [5, 5.41) is 13.5. The van der Waals surface area contributed by atoms with E-state index in [9.17, 15) is 5.11 Å². The van der Waals surface area contributed by atoms with Crippen molar-refractivity contribution in [2.24, 2.45) is 0 Å². The highest BCUT2D eigenvalue weighted by atomic mass is 35.5. The minimum atomic E-state index is -0.985. The van der Waals surface area contributed by atoms with Crippen LogP contribution in [0.15, 0.2) is 48.0 Å². The maximum absolute atomic E-state index is 10.7. The van der Waals surface area contributed by atoms with E-state index in [0.717, 1.165) is 32.9 Å². The number of anilines is 1. The SMILES string of the molecule is COCC(C)(O)C(C)c1cc(-c2cc(-c3ccc(NSC)cc3Cl)cs2)ccn1. The summed E-state index contributed by atoms with van der Waals surface area (Å²) in [7, 11) is 1.59. The van der Waals surface area contributed by atoms with Gasteiger partial charge in [0, 0.05) is 47.3 Å². The topological polar surface area (TPSA) is 54.4 Å². The number of rotatable bonds is 8. The molecule has 0 bridgehead atoms. The van der Waals surface area contributed by atoms with E-state index in [1.807, 2.05) is 43.5 Å². The summed E-state index contributed by atoms with van der Waals surface area (Å²) in [6.07, 6.45) is 3.77. The van der Waals surface area contributed by atoms with Gasteiger partial charge in [-0.15, -0.1) is 11.3 Å². The zero-order valence-corrected chi connectivity index (χ0v) is 19.3. The van der Waals surface area contributed by atoms with Crippen LogP contribution in [-0.4, -0.2) is 35.7 Å². The van der Waals surface area contributed by atoms with Gasteiger partial charge in [0.2, 0.25) is 0 Å². The van der Waals surface area contributed by atoms with Crippen molar-refractivity contribution in [3.63, 3.8) is 0 Å². The van der Waals surface area contributed by atoms with Crippen LogP contribution in [0.2, 0.25) is 5.02 Å². The number of pyridine rings is 1. The fourth-order valence-corrected chi connectivity index (χ4v) is 4.69. The number of hydrogen-bond acceptors (Lipinski definition) is 6. The molecule has 0 aliphatic rings. The second kappa shape index (κ2) is 9.49. The Morgan fingerprint density at radius 3 is 2.76 bits per heavy atom. The highest BCUT2D eigenvalue weighted by molar-refractivity contribution is 7.99. The molecule has 0 amide bonds. The number of thiophene rings is 1.